The molecule has 5 nitrogen and oxygen atoms in total. The zero-order valence-corrected chi connectivity index (χ0v) is 9.27. The van der Waals surface area contributed by atoms with Crippen molar-refractivity contribution in [3.8, 4) is 5.88 Å². The quantitative estimate of drug-likeness (QED) is 0.721. The minimum Gasteiger partial charge on any atom is -0.478 e. The van der Waals surface area contributed by atoms with Crippen LogP contribution in [0.25, 0.3) is 0 Å². The van der Waals surface area contributed by atoms with Crippen LogP contribution in [-0.2, 0) is 0 Å². The van der Waals surface area contributed by atoms with Gasteiger partial charge in [0.05, 0.1) is 24.1 Å². The summed E-state index contributed by atoms with van der Waals surface area (Å²) in [5.74, 6) is -0.763. The van der Waals surface area contributed by atoms with Gasteiger partial charge in [0, 0.05) is 6.07 Å². The number of rotatable bonds is 6. The van der Waals surface area contributed by atoms with Gasteiger partial charge in [-0.15, -0.1) is 0 Å². The van der Waals surface area contributed by atoms with Crippen molar-refractivity contribution in [1.82, 2.24) is 4.98 Å². The minimum absolute atomic E-state index is 0.0282. The molecule has 0 radical (unpaired) electrons. The maximum absolute atomic E-state index is 10.8. The normalized spacial score (nSPS) is 10.1. The molecule has 1 rings (SSSR count). The number of nitrogens with zero attached hydrogens (tertiary/aromatic N) is 1. The summed E-state index contributed by atoms with van der Waals surface area (Å²) >= 11 is 0. The number of unbranched alkanes of at least 4 members (excludes halogenated alkanes) is 2. The Balaban J connectivity index is 2.61. The first kappa shape index (κ1) is 12.3. The number of nitrogens with two attached hydrogens (primary N) is 1. The second-order valence-corrected chi connectivity index (χ2v) is 3.47. The summed E-state index contributed by atoms with van der Waals surface area (Å²) in [6, 6.07) is 1.35. The molecule has 0 fully saturated rings. The van der Waals surface area contributed by atoms with Crippen molar-refractivity contribution in [2.24, 2.45) is 0 Å². The summed E-state index contributed by atoms with van der Waals surface area (Å²) in [4.78, 5) is 14.7. The molecule has 0 bridgehead atoms. The Morgan fingerprint density at radius 2 is 2.31 bits per heavy atom. The van der Waals surface area contributed by atoms with E-state index < -0.39 is 5.97 Å². The number of hydrogen-bond donors (Lipinski definition) is 2. The molecular weight excluding hydrogens is 208 g/mol. The number of ether oxygens (including phenoxy) is 1. The summed E-state index contributed by atoms with van der Waals surface area (Å²) in [7, 11) is 0. The Labute approximate surface area is 94.2 Å². The van der Waals surface area contributed by atoms with Crippen molar-refractivity contribution in [3.63, 3.8) is 0 Å². The van der Waals surface area contributed by atoms with Crippen molar-refractivity contribution in [2.45, 2.75) is 26.2 Å². The van der Waals surface area contributed by atoms with E-state index in [9.17, 15) is 4.79 Å². The number of hydrogen-bond acceptors (Lipinski definition) is 4. The number of nitrogen functional groups attached to an aromatic ring is 1. The molecule has 0 aliphatic rings. The van der Waals surface area contributed by atoms with E-state index in [-0.39, 0.29) is 11.3 Å². The van der Waals surface area contributed by atoms with E-state index in [1.165, 1.54) is 12.3 Å². The Kier molecular flexibility index (Phi) is 4.57. The highest BCUT2D eigenvalue weighted by atomic mass is 16.5. The fourth-order valence-corrected chi connectivity index (χ4v) is 1.24. The molecule has 88 valence electrons. The molecule has 0 saturated heterocycles. The lowest BCUT2D eigenvalue weighted by Crippen LogP contribution is -2.05. The summed E-state index contributed by atoms with van der Waals surface area (Å²) in [6.45, 7) is 2.65. The molecule has 0 amide bonds. The second kappa shape index (κ2) is 5.95. The van der Waals surface area contributed by atoms with Crippen LogP contribution in [0.1, 0.15) is 36.5 Å². The topological polar surface area (TPSA) is 85.4 Å². The third-order valence-electron chi connectivity index (χ3n) is 2.14. The molecule has 0 aliphatic carbocycles. The Morgan fingerprint density at radius 1 is 1.56 bits per heavy atom. The molecule has 0 saturated carbocycles. The monoisotopic (exact) mass is 224 g/mol. The fraction of sp³-hybridized carbons (Fsp3) is 0.455. The van der Waals surface area contributed by atoms with Gasteiger partial charge in [-0.3, -0.25) is 0 Å². The predicted octanol–water partition coefficient (Wildman–Crippen LogP) is 1.93. The summed E-state index contributed by atoms with van der Waals surface area (Å²) in [5.41, 5.74) is 5.64. The zero-order chi connectivity index (χ0) is 12.0. The predicted molar refractivity (Wildman–Crippen MR) is 60.6 cm³/mol. The first-order valence-electron chi connectivity index (χ1n) is 5.26. The van der Waals surface area contributed by atoms with Crippen LogP contribution < -0.4 is 10.5 Å². The molecule has 0 spiro atoms. The standard InChI is InChI=1S/C11H16N2O3/c1-2-3-4-5-16-10-6-8(11(14)15)9(12)7-13-10/h6-7H,2-5,12H2,1H3,(H,14,15). The Morgan fingerprint density at radius 3 is 2.94 bits per heavy atom. The van der Waals surface area contributed by atoms with Crippen molar-refractivity contribution in [1.29, 1.82) is 0 Å². The van der Waals surface area contributed by atoms with Crippen molar-refractivity contribution in [2.75, 3.05) is 12.3 Å². The fourth-order valence-electron chi connectivity index (χ4n) is 1.24. The Bertz CT molecular complexity index is 366. The van der Waals surface area contributed by atoms with Crippen LogP contribution in [0.2, 0.25) is 0 Å². The lowest BCUT2D eigenvalue weighted by atomic mass is 10.2. The summed E-state index contributed by atoms with van der Waals surface area (Å²) in [5, 5.41) is 8.84. The lowest BCUT2D eigenvalue weighted by molar-refractivity contribution is 0.0697. The molecule has 5 heteroatoms. The van der Waals surface area contributed by atoms with Crippen LogP contribution in [0.5, 0.6) is 5.88 Å². The van der Waals surface area contributed by atoms with E-state index in [0.29, 0.717) is 12.5 Å². The second-order valence-electron chi connectivity index (χ2n) is 3.47. The van der Waals surface area contributed by atoms with Gasteiger partial charge >= 0.3 is 5.97 Å². The third-order valence-corrected chi connectivity index (χ3v) is 2.14. The van der Waals surface area contributed by atoms with Gasteiger partial charge in [0.25, 0.3) is 0 Å². The molecule has 1 heterocycles. The average Bonchev–Trinajstić information content (AvgIpc) is 2.26. The molecule has 0 unspecified atom stereocenters. The van der Waals surface area contributed by atoms with Gasteiger partial charge in [-0.05, 0) is 6.42 Å². The number of carbonyl (C=O) groups is 1. The van der Waals surface area contributed by atoms with Gasteiger partial charge in [-0.2, -0.15) is 0 Å². The van der Waals surface area contributed by atoms with Gasteiger partial charge < -0.3 is 15.6 Å². The maximum atomic E-state index is 10.8. The van der Waals surface area contributed by atoms with Crippen LogP contribution in [0.3, 0.4) is 0 Å². The molecule has 3 N–H and O–H groups in total. The average molecular weight is 224 g/mol. The molecule has 0 atom stereocenters. The SMILES string of the molecule is CCCCCOc1cc(C(=O)O)c(N)cn1. The maximum Gasteiger partial charge on any atom is 0.338 e. The summed E-state index contributed by atoms with van der Waals surface area (Å²) in [6.07, 6.45) is 4.43. The number of anilines is 1. The smallest absolute Gasteiger partial charge is 0.338 e. The van der Waals surface area contributed by atoms with Gasteiger partial charge in [0.1, 0.15) is 0 Å². The molecule has 16 heavy (non-hydrogen) atoms. The minimum atomic E-state index is -1.07. The van der Waals surface area contributed by atoms with Crippen LogP contribution in [0.4, 0.5) is 5.69 Å². The van der Waals surface area contributed by atoms with Crippen LogP contribution in [0, 0.1) is 0 Å². The van der Waals surface area contributed by atoms with Gasteiger partial charge in [0.2, 0.25) is 5.88 Å². The highest BCUT2D eigenvalue weighted by Crippen LogP contribution is 2.16. The highest BCUT2D eigenvalue weighted by molar-refractivity contribution is 5.93. The van der Waals surface area contributed by atoms with Gasteiger partial charge in [0.15, 0.2) is 0 Å². The van der Waals surface area contributed by atoms with E-state index in [2.05, 4.69) is 11.9 Å². The van der Waals surface area contributed by atoms with Crippen molar-refractivity contribution in [3.05, 3.63) is 17.8 Å². The number of pyridine rings is 1. The van der Waals surface area contributed by atoms with E-state index in [0.717, 1.165) is 19.3 Å². The molecule has 1 aromatic heterocycles. The van der Waals surface area contributed by atoms with Gasteiger partial charge in [-0.25, -0.2) is 9.78 Å². The van der Waals surface area contributed by atoms with Crippen molar-refractivity contribution < 1.29 is 14.6 Å². The van der Waals surface area contributed by atoms with Crippen molar-refractivity contribution >= 4 is 11.7 Å². The van der Waals surface area contributed by atoms with Gasteiger partial charge in [-0.1, -0.05) is 19.8 Å². The number of carboxylic acid groups (broad SMARTS) is 1. The van der Waals surface area contributed by atoms with E-state index in [1.807, 2.05) is 0 Å². The van der Waals surface area contributed by atoms with Crippen LogP contribution in [0.15, 0.2) is 12.3 Å². The molecule has 0 aromatic carbocycles. The van der Waals surface area contributed by atoms with Crippen LogP contribution in [-0.4, -0.2) is 22.7 Å². The summed E-state index contributed by atoms with van der Waals surface area (Å²) < 4.78 is 5.32. The van der Waals surface area contributed by atoms with E-state index in [4.69, 9.17) is 15.6 Å². The lowest BCUT2D eigenvalue weighted by Gasteiger charge is -2.06. The molecule has 0 aliphatic heterocycles. The van der Waals surface area contributed by atoms with E-state index in [1.54, 1.807) is 0 Å². The molecule has 1 aromatic rings. The van der Waals surface area contributed by atoms with Crippen LogP contribution >= 0.6 is 0 Å². The molecular formula is C11H16N2O3. The Hall–Kier alpha value is -1.78. The zero-order valence-electron chi connectivity index (χ0n) is 9.27. The first-order valence-corrected chi connectivity index (χ1v) is 5.26. The highest BCUT2D eigenvalue weighted by Gasteiger charge is 2.09. The largest absolute Gasteiger partial charge is 0.478 e. The number of aromatic nitrogens is 1. The number of carboxylic acids is 1. The first-order chi connectivity index (χ1) is 7.65. The number of aromatic carboxylic acids is 1. The third kappa shape index (κ3) is 3.42. The van der Waals surface area contributed by atoms with E-state index >= 15 is 0 Å².